The van der Waals surface area contributed by atoms with Gasteiger partial charge in [-0.3, -0.25) is 0 Å². The van der Waals surface area contributed by atoms with Gasteiger partial charge in [-0.1, -0.05) is 26.8 Å². The summed E-state index contributed by atoms with van der Waals surface area (Å²) in [6.45, 7) is 7.96. The quantitative estimate of drug-likeness (QED) is 0.794. The molecule has 1 atom stereocenters. The van der Waals surface area contributed by atoms with Crippen molar-refractivity contribution < 1.29 is 4.74 Å². The maximum atomic E-state index is 5.31. The number of hydrogen-bond donors (Lipinski definition) is 1. The molecule has 0 amide bonds. The Morgan fingerprint density at radius 1 is 1.40 bits per heavy atom. The van der Waals surface area contributed by atoms with Crippen LogP contribution in [0.1, 0.15) is 39.2 Å². The topological polar surface area (TPSA) is 21.3 Å². The molecule has 0 aliphatic heterocycles. The predicted octanol–water partition coefficient (Wildman–Crippen LogP) is 4.41. The van der Waals surface area contributed by atoms with Crippen LogP contribution in [-0.4, -0.2) is 19.7 Å². The summed E-state index contributed by atoms with van der Waals surface area (Å²) in [4.78, 5) is 0. The minimum absolute atomic E-state index is 0.359. The molecule has 3 heteroatoms. The van der Waals surface area contributed by atoms with Crippen LogP contribution in [-0.2, 0) is 6.42 Å². The van der Waals surface area contributed by atoms with Crippen LogP contribution in [0, 0.1) is 11.3 Å². The van der Waals surface area contributed by atoms with E-state index in [1.807, 2.05) is 0 Å². The summed E-state index contributed by atoms with van der Waals surface area (Å²) in [6.07, 6.45) is 3.89. The molecule has 1 N–H and O–H groups in total. The summed E-state index contributed by atoms with van der Waals surface area (Å²) in [5, 5.41) is 3.63. The van der Waals surface area contributed by atoms with Gasteiger partial charge in [-0.2, -0.15) is 0 Å². The molecule has 20 heavy (non-hydrogen) atoms. The third-order valence-corrected chi connectivity index (χ3v) is 4.92. The highest BCUT2D eigenvalue weighted by atomic mass is 79.9. The zero-order chi connectivity index (χ0) is 14.8. The van der Waals surface area contributed by atoms with Crippen molar-refractivity contribution in [2.75, 3.05) is 13.7 Å². The highest BCUT2D eigenvalue weighted by Crippen LogP contribution is 2.47. The van der Waals surface area contributed by atoms with E-state index in [9.17, 15) is 0 Å². The first-order chi connectivity index (χ1) is 9.44. The van der Waals surface area contributed by atoms with Crippen LogP contribution in [0.2, 0.25) is 0 Å². The van der Waals surface area contributed by atoms with Gasteiger partial charge in [-0.05, 0) is 64.2 Å². The molecule has 0 spiro atoms. The van der Waals surface area contributed by atoms with E-state index in [2.05, 4.69) is 60.2 Å². The average molecular weight is 340 g/mol. The Hall–Kier alpha value is -0.540. The highest BCUT2D eigenvalue weighted by molar-refractivity contribution is 9.10. The zero-order valence-corrected chi connectivity index (χ0v) is 14.6. The number of ether oxygens (including phenoxy) is 1. The van der Waals surface area contributed by atoms with Gasteiger partial charge >= 0.3 is 0 Å². The molecular weight excluding hydrogens is 314 g/mol. The third-order valence-electron chi connectivity index (χ3n) is 4.30. The molecule has 112 valence electrons. The van der Waals surface area contributed by atoms with Crippen molar-refractivity contribution in [2.45, 2.75) is 46.1 Å². The number of methoxy groups -OCH3 is 1. The molecule has 1 aliphatic rings. The molecule has 1 unspecified atom stereocenters. The first-order valence-corrected chi connectivity index (χ1v) is 8.30. The first kappa shape index (κ1) is 15.8. The van der Waals surface area contributed by atoms with Crippen molar-refractivity contribution >= 4 is 15.9 Å². The van der Waals surface area contributed by atoms with Crippen LogP contribution in [0.4, 0.5) is 0 Å². The molecule has 1 saturated carbocycles. The van der Waals surface area contributed by atoms with Gasteiger partial charge in [0.2, 0.25) is 0 Å². The van der Waals surface area contributed by atoms with Gasteiger partial charge in [0.05, 0.1) is 11.6 Å². The Labute approximate surface area is 131 Å². The van der Waals surface area contributed by atoms with E-state index >= 15 is 0 Å². The van der Waals surface area contributed by atoms with E-state index in [0.29, 0.717) is 11.5 Å². The Morgan fingerprint density at radius 3 is 2.60 bits per heavy atom. The lowest BCUT2D eigenvalue weighted by Crippen LogP contribution is -2.38. The summed E-state index contributed by atoms with van der Waals surface area (Å²) < 4.78 is 6.36. The molecule has 0 aromatic heterocycles. The van der Waals surface area contributed by atoms with Crippen molar-refractivity contribution in [3.8, 4) is 5.75 Å². The molecule has 0 saturated heterocycles. The van der Waals surface area contributed by atoms with Gasteiger partial charge in [0.1, 0.15) is 5.75 Å². The molecule has 1 aromatic rings. The maximum absolute atomic E-state index is 5.31. The van der Waals surface area contributed by atoms with Crippen LogP contribution >= 0.6 is 15.9 Å². The lowest BCUT2D eigenvalue weighted by atomic mass is 9.78. The lowest BCUT2D eigenvalue weighted by molar-refractivity contribution is 0.248. The van der Waals surface area contributed by atoms with Crippen molar-refractivity contribution in [3.05, 3.63) is 28.2 Å². The fourth-order valence-electron chi connectivity index (χ4n) is 2.85. The fourth-order valence-corrected chi connectivity index (χ4v) is 3.44. The van der Waals surface area contributed by atoms with E-state index < -0.39 is 0 Å². The summed E-state index contributed by atoms with van der Waals surface area (Å²) in [6, 6.07) is 7.01. The summed E-state index contributed by atoms with van der Waals surface area (Å²) >= 11 is 3.59. The van der Waals surface area contributed by atoms with Crippen LogP contribution in [0.25, 0.3) is 0 Å². The molecule has 0 heterocycles. The second-order valence-corrected chi connectivity index (χ2v) is 7.46. The van der Waals surface area contributed by atoms with E-state index in [4.69, 9.17) is 4.74 Å². The van der Waals surface area contributed by atoms with Crippen molar-refractivity contribution in [2.24, 2.45) is 11.3 Å². The summed E-state index contributed by atoms with van der Waals surface area (Å²) in [5.41, 5.74) is 1.75. The number of benzene rings is 1. The maximum Gasteiger partial charge on any atom is 0.133 e. The van der Waals surface area contributed by atoms with Gasteiger partial charge in [-0.15, -0.1) is 0 Å². The zero-order valence-electron chi connectivity index (χ0n) is 13.0. The van der Waals surface area contributed by atoms with Gasteiger partial charge in [-0.25, -0.2) is 0 Å². The minimum atomic E-state index is 0.359. The van der Waals surface area contributed by atoms with E-state index in [1.54, 1.807) is 7.11 Å². The summed E-state index contributed by atoms with van der Waals surface area (Å²) in [7, 11) is 1.71. The van der Waals surface area contributed by atoms with E-state index in [0.717, 1.165) is 29.1 Å². The van der Waals surface area contributed by atoms with Gasteiger partial charge < -0.3 is 10.1 Å². The average Bonchev–Trinajstić information content (AvgIpc) is 3.21. The van der Waals surface area contributed by atoms with Crippen molar-refractivity contribution in [1.29, 1.82) is 0 Å². The molecule has 1 fully saturated rings. The molecule has 2 rings (SSSR count). The molecule has 1 aliphatic carbocycles. The molecule has 0 radical (unpaired) electrons. The van der Waals surface area contributed by atoms with Crippen LogP contribution in [0.15, 0.2) is 22.7 Å². The fraction of sp³-hybridized carbons (Fsp3) is 0.647. The minimum Gasteiger partial charge on any atom is -0.496 e. The van der Waals surface area contributed by atoms with Crippen LogP contribution < -0.4 is 10.1 Å². The van der Waals surface area contributed by atoms with Gasteiger partial charge in [0, 0.05) is 12.6 Å². The second-order valence-electron chi connectivity index (χ2n) is 6.61. The first-order valence-electron chi connectivity index (χ1n) is 7.50. The monoisotopic (exact) mass is 339 g/mol. The van der Waals surface area contributed by atoms with E-state index in [1.165, 1.54) is 18.4 Å². The standard InChI is InChI=1S/C17H26BrNO/c1-12(2)19-11-17(3,14-6-7-14)10-13-5-8-16(20-4)15(18)9-13/h5,8-9,12,14,19H,6-7,10-11H2,1-4H3. The smallest absolute Gasteiger partial charge is 0.133 e. The van der Waals surface area contributed by atoms with Gasteiger partial charge in [0.15, 0.2) is 0 Å². The normalized spacial score (nSPS) is 18.1. The number of rotatable bonds is 7. The molecule has 1 aromatic carbocycles. The SMILES string of the molecule is COc1ccc(CC(C)(CNC(C)C)C2CC2)cc1Br. The number of nitrogens with one attached hydrogen (secondary N) is 1. The third kappa shape index (κ3) is 3.98. The number of hydrogen-bond acceptors (Lipinski definition) is 2. The van der Waals surface area contributed by atoms with Crippen molar-refractivity contribution in [1.82, 2.24) is 5.32 Å². The highest BCUT2D eigenvalue weighted by Gasteiger charge is 2.41. The van der Waals surface area contributed by atoms with Crippen LogP contribution in [0.5, 0.6) is 5.75 Å². The Balaban J connectivity index is 2.09. The van der Waals surface area contributed by atoms with E-state index in [-0.39, 0.29) is 0 Å². The number of halogens is 1. The van der Waals surface area contributed by atoms with Crippen LogP contribution in [0.3, 0.4) is 0 Å². The van der Waals surface area contributed by atoms with Gasteiger partial charge in [0.25, 0.3) is 0 Å². The predicted molar refractivity (Wildman–Crippen MR) is 88.4 cm³/mol. The lowest BCUT2D eigenvalue weighted by Gasteiger charge is -2.31. The largest absolute Gasteiger partial charge is 0.496 e. The molecule has 0 bridgehead atoms. The molecule has 2 nitrogen and oxygen atoms in total. The second kappa shape index (κ2) is 6.48. The Kier molecular flexibility index (Phi) is 5.14. The Bertz CT molecular complexity index is 456. The summed E-state index contributed by atoms with van der Waals surface area (Å²) in [5.74, 6) is 1.77. The molecular formula is C17H26BrNO. The van der Waals surface area contributed by atoms with Crippen molar-refractivity contribution in [3.63, 3.8) is 0 Å². The Morgan fingerprint density at radius 2 is 2.10 bits per heavy atom.